The zero-order chi connectivity index (χ0) is 25.2. The van der Waals surface area contributed by atoms with Crippen LogP contribution in [0.2, 0.25) is 0 Å². The summed E-state index contributed by atoms with van der Waals surface area (Å²) in [5.74, 6) is -1.67. The second-order valence-electron chi connectivity index (χ2n) is 9.39. The predicted molar refractivity (Wildman–Crippen MR) is 143 cm³/mol. The van der Waals surface area contributed by atoms with E-state index < -0.39 is 23.3 Å². The molecule has 1 fully saturated rings. The second kappa shape index (κ2) is 10.5. The van der Waals surface area contributed by atoms with Crippen LogP contribution >= 0.6 is 24.0 Å². The molecule has 3 aromatic rings. The number of carbonyl (C=O) groups excluding carboxylic acids is 2. The van der Waals surface area contributed by atoms with E-state index in [0.29, 0.717) is 25.7 Å². The van der Waals surface area contributed by atoms with Crippen LogP contribution in [0.4, 0.5) is 0 Å². The van der Waals surface area contributed by atoms with Gasteiger partial charge in [-0.15, -0.1) is 11.3 Å². The molecular formula is C28H28N2O4S2. The zero-order valence-corrected chi connectivity index (χ0v) is 21.4. The number of thiol groups is 1. The number of thiophene rings is 1. The molecule has 1 saturated heterocycles. The SMILES string of the molecule is O=C(N[C@H]1Cc2ccc(-c3ccccc3)cc2[C@H]2CCC[C@@H](C(=O)O)N2C1=O)[C@@H](S)Cc1cccs1. The van der Waals surface area contributed by atoms with E-state index in [9.17, 15) is 19.5 Å². The summed E-state index contributed by atoms with van der Waals surface area (Å²) in [5.41, 5.74) is 4.01. The normalized spacial score (nSPS) is 22.2. The van der Waals surface area contributed by atoms with Gasteiger partial charge < -0.3 is 15.3 Å². The standard InChI is InChI=1S/C28H28N2O4S2/c31-26(25(35)16-20-8-5-13-36-20)29-22-15-19-12-11-18(17-6-2-1-3-7-17)14-21(19)23-9-4-10-24(28(33)34)30(23)27(22)32/h1-3,5-8,11-14,22-25,35H,4,9-10,15-16H2,(H,29,31)(H,33,34)/t22-,23+,24-,25-/m0/s1. The van der Waals surface area contributed by atoms with Gasteiger partial charge in [0.15, 0.2) is 0 Å². The Morgan fingerprint density at radius 1 is 1.08 bits per heavy atom. The van der Waals surface area contributed by atoms with Crippen LogP contribution in [0.3, 0.4) is 0 Å². The van der Waals surface area contributed by atoms with Crippen molar-refractivity contribution < 1.29 is 19.5 Å². The van der Waals surface area contributed by atoms with Crippen LogP contribution in [0.5, 0.6) is 0 Å². The summed E-state index contributed by atoms with van der Waals surface area (Å²) in [4.78, 5) is 41.6. The van der Waals surface area contributed by atoms with E-state index in [1.165, 1.54) is 4.90 Å². The third-order valence-electron chi connectivity index (χ3n) is 7.09. The zero-order valence-electron chi connectivity index (χ0n) is 19.7. The quantitative estimate of drug-likeness (QED) is 0.418. The van der Waals surface area contributed by atoms with Crippen LogP contribution in [-0.4, -0.2) is 45.1 Å². The molecule has 2 aromatic carbocycles. The minimum Gasteiger partial charge on any atom is -0.480 e. The Bertz CT molecular complexity index is 1260. The first-order chi connectivity index (χ1) is 17.4. The van der Waals surface area contributed by atoms with Crippen LogP contribution in [0.15, 0.2) is 66.0 Å². The Morgan fingerprint density at radius 2 is 1.89 bits per heavy atom. The van der Waals surface area contributed by atoms with Crippen molar-refractivity contribution in [2.24, 2.45) is 0 Å². The molecular weight excluding hydrogens is 492 g/mol. The van der Waals surface area contributed by atoms with Crippen molar-refractivity contribution >= 4 is 41.7 Å². The van der Waals surface area contributed by atoms with Crippen LogP contribution < -0.4 is 5.32 Å². The number of nitrogens with one attached hydrogen (secondary N) is 1. The highest BCUT2D eigenvalue weighted by Gasteiger charge is 2.44. The van der Waals surface area contributed by atoms with Gasteiger partial charge in [0.25, 0.3) is 0 Å². The molecule has 6 nitrogen and oxygen atoms in total. The smallest absolute Gasteiger partial charge is 0.326 e. The van der Waals surface area contributed by atoms with Crippen LogP contribution in [0, 0.1) is 0 Å². The maximum absolute atomic E-state index is 13.8. The lowest BCUT2D eigenvalue weighted by molar-refractivity contribution is -0.156. The molecule has 0 bridgehead atoms. The lowest BCUT2D eigenvalue weighted by atomic mass is 9.87. The minimum atomic E-state index is -1.01. The van der Waals surface area contributed by atoms with Crippen molar-refractivity contribution in [2.45, 2.75) is 55.5 Å². The summed E-state index contributed by atoms with van der Waals surface area (Å²) >= 11 is 6.05. The summed E-state index contributed by atoms with van der Waals surface area (Å²) in [6, 6.07) is 17.9. The molecule has 0 aliphatic carbocycles. The van der Waals surface area contributed by atoms with E-state index in [0.717, 1.165) is 33.6 Å². The Morgan fingerprint density at radius 3 is 2.61 bits per heavy atom. The van der Waals surface area contributed by atoms with Gasteiger partial charge in [-0.1, -0.05) is 48.5 Å². The maximum Gasteiger partial charge on any atom is 0.326 e. The van der Waals surface area contributed by atoms with Crippen LogP contribution in [-0.2, 0) is 27.2 Å². The van der Waals surface area contributed by atoms with E-state index in [2.05, 4.69) is 24.0 Å². The number of amides is 2. The second-order valence-corrected chi connectivity index (χ2v) is 11.0. The highest BCUT2D eigenvalue weighted by molar-refractivity contribution is 7.81. The Kier molecular flexibility index (Phi) is 7.16. The monoisotopic (exact) mass is 520 g/mol. The molecule has 0 spiro atoms. The summed E-state index contributed by atoms with van der Waals surface area (Å²) < 4.78 is 0. The van der Waals surface area contributed by atoms with E-state index >= 15 is 0 Å². The third kappa shape index (κ3) is 4.92. The summed E-state index contributed by atoms with van der Waals surface area (Å²) in [5, 5.41) is 14.2. The van der Waals surface area contributed by atoms with E-state index in [-0.39, 0.29) is 17.9 Å². The maximum atomic E-state index is 13.8. The third-order valence-corrected chi connectivity index (χ3v) is 8.41. The molecule has 186 valence electrons. The first-order valence-corrected chi connectivity index (χ1v) is 13.6. The summed E-state index contributed by atoms with van der Waals surface area (Å²) in [6.45, 7) is 0. The predicted octanol–water partition coefficient (Wildman–Crippen LogP) is 4.50. The van der Waals surface area contributed by atoms with Gasteiger partial charge in [0.1, 0.15) is 12.1 Å². The summed E-state index contributed by atoms with van der Waals surface area (Å²) in [7, 11) is 0. The minimum absolute atomic E-state index is 0.313. The number of piperidine rings is 1. The lowest BCUT2D eigenvalue weighted by Gasteiger charge is -2.40. The summed E-state index contributed by atoms with van der Waals surface area (Å²) in [6.07, 6.45) is 2.59. The van der Waals surface area contributed by atoms with E-state index in [1.807, 2.05) is 60.0 Å². The number of carbonyl (C=O) groups is 3. The first-order valence-electron chi connectivity index (χ1n) is 12.2. The molecule has 2 aliphatic rings. The number of carboxylic acid groups (broad SMARTS) is 1. The van der Waals surface area contributed by atoms with Crippen molar-refractivity contribution in [2.75, 3.05) is 0 Å². The van der Waals surface area contributed by atoms with Crippen molar-refractivity contribution in [3.63, 3.8) is 0 Å². The molecule has 5 rings (SSSR count). The van der Waals surface area contributed by atoms with Crippen molar-refractivity contribution in [3.8, 4) is 11.1 Å². The number of hydrogen-bond donors (Lipinski definition) is 3. The number of fused-ring (bicyclic) bond motifs is 3. The molecule has 4 atom stereocenters. The fourth-order valence-corrected chi connectivity index (χ4v) is 6.48. The topological polar surface area (TPSA) is 86.7 Å². The average Bonchev–Trinajstić information content (AvgIpc) is 3.37. The number of carboxylic acids is 1. The number of aliphatic carboxylic acids is 1. The molecule has 1 aromatic heterocycles. The number of rotatable bonds is 6. The van der Waals surface area contributed by atoms with Crippen LogP contribution in [0.1, 0.15) is 41.3 Å². The van der Waals surface area contributed by atoms with Crippen molar-refractivity contribution in [1.29, 1.82) is 0 Å². The van der Waals surface area contributed by atoms with Gasteiger partial charge in [-0.2, -0.15) is 12.6 Å². The molecule has 3 heterocycles. The van der Waals surface area contributed by atoms with Gasteiger partial charge >= 0.3 is 5.97 Å². The first kappa shape index (κ1) is 24.6. The number of benzene rings is 2. The Balaban J connectivity index is 1.49. The molecule has 2 amide bonds. The number of hydrogen-bond acceptors (Lipinski definition) is 5. The highest BCUT2D eigenvalue weighted by Crippen LogP contribution is 2.41. The molecule has 2 N–H and O–H groups in total. The molecule has 0 radical (unpaired) electrons. The Labute approximate surface area is 219 Å². The molecule has 8 heteroatoms. The van der Waals surface area contributed by atoms with Crippen LogP contribution in [0.25, 0.3) is 11.1 Å². The van der Waals surface area contributed by atoms with Crippen molar-refractivity contribution in [3.05, 3.63) is 82.0 Å². The van der Waals surface area contributed by atoms with Crippen molar-refractivity contribution in [1.82, 2.24) is 10.2 Å². The highest BCUT2D eigenvalue weighted by atomic mass is 32.1. The lowest BCUT2D eigenvalue weighted by Crippen LogP contribution is -2.56. The number of nitrogens with zero attached hydrogens (tertiary/aromatic N) is 1. The molecule has 36 heavy (non-hydrogen) atoms. The average molecular weight is 521 g/mol. The van der Waals surface area contributed by atoms with Gasteiger partial charge in [0.05, 0.1) is 11.3 Å². The Hall–Kier alpha value is -3.10. The largest absolute Gasteiger partial charge is 0.480 e. The molecule has 2 aliphatic heterocycles. The van der Waals surface area contributed by atoms with Gasteiger partial charge in [0, 0.05) is 17.7 Å². The van der Waals surface area contributed by atoms with E-state index in [4.69, 9.17) is 0 Å². The van der Waals surface area contributed by atoms with Gasteiger partial charge in [-0.05, 0) is 59.0 Å². The fourth-order valence-electron chi connectivity index (χ4n) is 5.34. The fraction of sp³-hybridized carbons (Fsp3) is 0.321. The van der Waals surface area contributed by atoms with E-state index in [1.54, 1.807) is 11.3 Å². The van der Waals surface area contributed by atoms with Gasteiger partial charge in [-0.3, -0.25) is 9.59 Å². The molecule has 0 saturated carbocycles. The van der Waals surface area contributed by atoms with Gasteiger partial charge in [-0.25, -0.2) is 4.79 Å². The molecule has 0 unspecified atom stereocenters. The van der Waals surface area contributed by atoms with Gasteiger partial charge in [0.2, 0.25) is 11.8 Å².